The topological polar surface area (TPSA) is 20.2 Å². The van der Waals surface area contributed by atoms with Gasteiger partial charge in [0, 0.05) is 6.61 Å². The van der Waals surface area contributed by atoms with Crippen molar-refractivity contribution in [3.63, 3.8) is 0 Å². The Morgan fingerprint density at radius 1 is 1.33 bits per heavy atom. The molecule has 0 aromatic heterocycles. The smallest absolute Gasteiger partial charge is 0.0465 e. The summed E-state index contributed by atoms with van der Waals surface area (Å²) in [5.41, 5.74) is 2.50. The van der Waals surface area contributed by atoms with Gasteiger partial charge in [0.15, 0.2) is 0 Å². The van der Waals surface area contributed by atoms with E-state index in [1.54, 1.807) is 0 Å². The van der Waals surface area contributed by atoms with Crippen molar-refractivity contribution in [2.24, 2.45) is 0 Å². The van der Waals surface area contributed by atoms with Crippen molar-refractivity contribution < 1.29 is 5.11 Å². The van der Waals surface area contributed by atoms with Crippen molar-refractivity contribution in [2.45, 2.75) is 13.3 Å². The number of aliphatic hydroxyl groups is 1. The summed E-state index contributed by atoms with van der Waals surface area (Å²) >= 11 is 0. The minimum Gasteiger partial charge on any atom is -0.396 e. The number of aliphatic hydroxyl groups excluding tert-OH is 1. The Labute approximate surface area is 73.4 Å². The number of aryl methyl sites for hydroxylation is 1. The third kappa shape index (κ3) is 2.51. The Morgan fingerprint density at radius 2 is 2.08 bits per heavy atom. The summed E-state index contributed by atoms with van der Waals surface area (Å²) in [4.78, 5) is 0. The van der Waals surface area contributed by atoms with Crippen LogP contribution in [0.5, 0.6) is 0 Å². The Morgan fingerprint density at radius 3 is 2.75 bits per heavy atom. The van der Waals surface area contributed by atoms with Crippen LogP contribution in [0.4, 0.5) is 0 Å². The fourth-order valence-electron chi connectivity index (χ4n) is 1.06. The van der Waals surface area contributed by atoms with Crippen LogP contribution in [-0.4, -0.2) is 11.7 Å². The molecule has 0 unspecified atom stereocenters. The summed E-state index contributed by atoms with van der Waals surface area (Å²) < 4.78 is 0. The fraction of sp³-hybridized carbons (Fsp3) is 0.273. The molecular weight excluding hydrogens is 148 g/mol. The number of hydrogen-bond donors (Lipinski definition) is 1. The Kier molecular flexibility index (Phi) is 3.55. The van der Waals surface area contributed by atoms with E-state index in [1.165, 1.54) is 11.1 Å². The molecule has 64 valence electrons. The predicted molar refractivity (Wildman–Crippen MR) is 51.9 cm³/mol. The molecule has 1 aromatic rings. The van der Waals surface area contributed by atoms with E-state index in [4.69, 9.17) is 5.11 Å². The van der Waals surface area contributed by atoms with Crippen LogP contribution < -0.4 is 0 Å². The van der Waals surface area contributed by atoms with Crippen molar-refractivity contribution in [1.82, 2.24) is 0 Å². The third-order valence-corrected chi connectivity index (χ3v) is 1.78. The van der Waals surface area contributed by atoms with Crippen LogP contribution in [0.3, 0.4) is 0 Å². The summed E-state index contributed by atoms with van der Waals surface area (Å²) in [6, 6.07) is 8.20. The maximum absolute atomic E-state index is 8.56. The molecule has 0 amide bonds. The molecule has 0 spiro atoms. The lowest BCUT2D eigenvalue weighted by Gasteiger charge is -1.97. The van der Waals surface area contributed by atoms with E-state index in [0.29, 0.717) is 0 Å². The van der Waals surface area contributed by atoms with Gasteiger partial charge >= 0.3 is 0 Å². The van der Waals surface area contributed by atoms with Gasteiger partial charge in [0.1, 0.15) is 0 Å². The van der Waals surface area contributed by atoms with Gasteiger partial charge in [0.2, 0.25) is 0 Å². The second-order valence-corrected chi connectivity index (χ2v) is 2.77. The first-order valence-electron chi connectivity index (χ1n) is 4.17. The van der Waals surface area contributed by atoms with Crippen molar-refractivity contribution >= 4 is 6.08 Å². The van der Waals surface area contributed by atoms with Crippen molar-refractivity contribution in [1.29, 1.82) is 0 Å². The van der Waals surface area contributed by atoms with Crippen molar-refractivity contribution in [2.75, 3.05) is 6.61 Å². The first-order valence-corrected chi connectivity index (χ1v) is 4.17. The van der Waals surface area contributed by atoms with Gasteiger partial charge in [-0.15, -0.1) is 0 Å². The van der Waals surface area contributed by atoms with E-state index in [9.17, 15) is 0 Å². The fourth-order valence-corrected chi connectivity index (χ4v) is 1.06. The second-order valence-electron chi connectivity index (χ2n) is 2.77. The number of rotatable bonds is 3. The summed E-state index contributed by atoms with van der Waals surface area (Å²) in [6.07, 6.45) is 4.77. The van der Waals surface area contributed by atoms with Gasteiger partial charge in [-0.05, 0) is 24.5 Å². The lowest BCUT2D eigenvalue weighted by atomic mass is 10.1. The lowest BCUT2D eigenvalue weighted by molar-refractivity contribution is 0.303. The molecule has 12 heavy (non-hydrogen) atoms. The van der Waals surface area contributed by atoms with Crippen LogP contribution in [-0.2, 0) is 0 Å². The summed E-state index contributed by atoms with van der Waals surface area (Å²) in [6.45, 7) is 2.31. The van der Waals surface area contributed by atoms with Crippen molar-refractivity contribution in [3.8, 4) is 0 Å². The van der Waals surface area contributed by atoms with E-state index < -0.39 is 0 Å². The lowest BCUT2D eigenvalue weighted by Crippen LogP contribution is -1.79. The largest absolute Gasteiger partial charge is 0.396 e. The van der Waals surface area contributed by atoms with E-state index in [1.807, 2.05) is 24.3 Å². The third-order valence-electron chi connectivity index (χ3n) is 1.78. The highest BCUT2D eigenvalue weighted by atomic mass is 16.2. The highest BCUT2D eigenvalue weighted by Crippen LogP contribution is 2.08. The quantitative estimate of drug-likeness (QED) is 0.723. The number of benzene rings is 1. The molecule has 0 aliphatic carbocycles. The zero-order chi connectivity index (χ0) is 8.81. The van der Waals surface area contributed by atoms with Gasteiger partial charge in [-0.25, -0.2) is 0 Å². The standard InChI is InChI=1S/C11H14O/c1-10-6-2-3-7-11(10)8-4-5-9-12/h2-4,6-8,12H,5,9H2,1H3/b8-4+. The molecular formula is C11H14O. The molecule has 0 fully saturated rings. The van der Waals surface area contributed by atoms with Crippen LogP contribution in [0.1, 0.15) is 17.5 Å². The van der Waals surface area contributed by atoms with Gasteiger partial charge in [0.25, 0.3) is 0 Å². The summed E-state index contributed by atoms with van der Waals surface area (Å²) in [5.74, 6) is 0. The van der Waals surface area contributed by atoms with Gasteiger partial charge in [-0.1, -0.05) is 36.4 Å². The maximum atomic E-state index is 8.56. The molecule has 0 saturated heterocycles. The summed E-state index contributed by atoms with van der Waals surface area (Å²) in [7, 11) is 0. The first-order chi connectivity index (χ1) is 5.84. The van der Waals surface area contributed by atoms with Crippen molar-refractivity contribution in [3.05, 3.63) is 41.5 Å². The Bertz CT molecular complexity index is 263. The Balaban J connectivity index is 2.68. The first kappa shape index (κ1) is 9.01. The zero-order valence-corrected chi connectivity index (χ0v) is 7.33. The van der Waals surface area contributed by atoms with E-state index in [2.05, 4.69) is 19.1 Å². The predicted octanol–water partition coefficient (Wildman–Crippen LogP) is 2.39. The molecule has 1 aromatic carbocycles. The summed E-state index contributed by atoms with van der Waals surface area (Å²) in [5, 5.41) is 8.56. The molecule has 0 aliphatic heterocycles. The van der Waals surface area contributed by atoms with Gasteiger partial charge in [0.05, 0.1) is 0 Å². The highest BCUT2D eigenvalue weighted by molar-refractivity contribution is 5.53. The Hall–Kier alpha value is -1.08. The van der Waals surface area contributed by atoms with Crippen LogP contribution in [0, 0.1) is 6.92 Å². The van der Waals surface area contributed by atoms with Gasteiger partial charge in [-0.2, -0.15) is 0 Å². The van der Waals surface area contributed by atoms with Gasteiger partial charge < -0.3 is 5.11 Å². The van der Waals surface area contributed by atoms with E-state index in [-0.39, 0.29) is 6.61 Å². The maximum Gasteiger partial charge on any atom is 0.0465 e. The van der Waals surface area contributed by atoms with Crippen LogP contribution >= 0.6 is 0 Å². The molecule has 0 atom stereocenters. The van der Waals surface area contributed by atoms with Crippen LogP contribution in [0.2, 0.25) is 0 Å². The normalized spacial score (nSPS) is 10.8. The SMILES string of the molecule is Cc1ccccc1/C=C/CCO. The highest BCUT2D eigenvalue weighted by Gasteiger charge is 1.89. The average molecular weight is 162 g/mol. The molecule has 0 saturated carbocycles. The minimum absolute atomic E-state index is 0.225. The molecule has 1 rings (SSSR count). The monoisotopic (exact) mass is 162 g/mol. The molecule has 0 radical (unpaired) electrons. The molecule has 1 nitrogen and oxygen atoms in total. The van der Waals surface area contributed by atoms with Gasteiger partial charge in [-0.3, -0.25) is 0 Å². The second kappa shape index (κ2) is 4.73. The molecule has 0 aliphatic rings. The van der Waals surface area contributed by atoms with Crippen LogP contribution in [0.15, 0.2) is 30.3 Å². The van der Waals surface area contributed by atoms with E-state index in [0.717, 1.165) is 6.42 Å². The molecule has 1 heteroatoms. The minimum atomic E-state index is 0.225. The molecule has 1 N–H and O–H groups in total. The number of hydrogen-bond acceptors (Lipinski definition) is 1. The van der Waals surface area contributed by atoms with E-state index >= 15 is 0 Å². The molecule has 0 heterocycles. The van der Waals surface area contributed by atoms with Crippen LogP contribution in [0.25, 0.3) is 6.08 Å². The molecule has 0 bridgehead atoms. The zero-order valence-electron chi connectivity index (χ0n) is 7.33. The average Bonchev–Trinajstić information content (AvgIpc) is 2.09.